The normalized spacial score (nSPS) is 19.7. The Balaban J connectivity index is 1.44. The Labute approximate surface area is 171 Å². The monoisotopic (exact) mass is 392 g/mol. The van der Waals surface area contributed by atoms with Crippen LogP contribution in [0.15, 0.2) is 42.6 Å². The first kappa shape index (κ1) is 19.6. The number of nitrogens with zero attached hydrogens (tertiary/aromatic N) is 3. The lowest BCUT2D eigenvalue weighted by atomic mass is 10.0. The zero-order valence-electron chi connectivity index (χ0n) is 17.1. The molecule has 1 aromatic heterocycles. The summed E-state index contributed by atoms with van der Waals surface area (Å²) in [5, 5.41) is 2.95. The van der Waals surface area contributed by atoms with Crippen LogP contribution in [0.5, 0.6) is 0 Å². The van der Waals surface area contributed by atoms with Crippen molar-refractivity contribution >= 4 is 11.8 Å². The molecule has 1 N–H and O–H groups in total. The van der Waals surface area contributed by atoms with Crippen LogP contribution in [0.2, 0.25) is 0 Å². The standard InChI is InChI=1S/C23H28N4O2/c1-16-6-5-9-24-20(16)15-26(2)22(28)14-21-23(29)25-10-11-27(21)19-12-17-7-3-4-8-18(17)13-19/h3-9,19,21H,10-15H2,1-2H3,(H,25,29). The highest BCUT2D eigenvalue weighted by Crippen LogP contribution is 2.28. The number of piperazine rings is 1. The zero-order valence-corrected chi connectivity index (χ0v) is 17.1. The number of pyridine rings is 1. The Kier molecular flexibility index (Phi) is 5.62. The van der Waals surface area contributed by atoms with Gasteiger partial charge in [0.1, 0.15) is 0 Å². The first-order valence-electron chi connectivity index (χ1n) is 10.3. The van der Waals surface area contributed by atoms with Crippen LogP contribution >= 0.6 is 0 Å². The number of rotatable bonds is 5. The van der Waals surface area contributed by atoms with Crippen molar-refractivity contribution in [3.63, 3.8) is 0 Å². The Morgan fingerprint density at radius 3 is 2.62 bits per heavy atom. The summed E-state index contributed by atoms with van der Waals surface area (Å²) in [4.78, 5) is 33.9. The molecule has 1 aromatic carbocycles. The van der Waals surface area contributed by atoms with E-state index in [0.717, 1.165) is 30.6 Å². The molecule has 1 aliphatic carbocycles. The molecule has 1 fully saturated rings. The second kappa shape index (κ2) is 8.33. The predicted molar refractivity (Wildman–Crippen MR) is 111 cm³/mol. The topological polar surface area (TPSA) is 65.5 Å². The Morgan fingerprint density at radius 2 is 1.93 bits per heavy atom. The van der Waals surface area contributed by atoms with Crippen LogP contribution < -0.4 is 5.32 Å². The van der Waals surface area contributed by atoms with E-state index in [0.29, 0.717) is 13.1 Å². The average Bonchev–Trinajstić information content (AvgIpc) is 3.15. The Hall–Kier alpha value is -2.73. The van der Waals surface area contributed by atoms with Gasteiger partial charge >= 0.3 is 0 Å². The maximum atomic E-state index is 12.9. The van der Waals surface area contributed by atoms with Gasteiger partial charge < -0.3 is 10.2 Å². The van der Waals surface area contributed by atoms with Crippen LogP contribution in [-0.2, 0) is 29.0 Å². The minimum absolute atomic E-state index is 0.0300. The van der Waals surface area contributed by atoms with Crippen molar-refractivity contribution in [3.05, 3.63) is 65.0 Å². The lowest BCUT2D eigenvalue weighted by Gasteiger charge is -2.39. The van der Waals surface area contributed by atoms with E-state index in [9.17, 15) is 9.59 Å². The minimum Gasteiger partial charge on any atom is -0.353 e. The van der Waals surface area contributed by atoms with Gasteiger partial charge in [-0.3, -0.25) is 19.5 Å². The molecule has 1 aliphatic heterocycles. The van der Waals surface area contributed by atoms with Crippen LogP contribution in [-0.4, -0.2) is 58.8 Å². The van der Waals surface area contributed by atoms with Crippen LogP contribution in [0.25, 0.3) is 0 Å². The molecule has 6 heteroatoms. The number of carbonyl (C=O) groups excluding carboxylic acids is 2. The van der Waals surface area contributed by atoms with Crippen molar-refractivity contribution in [2.75, 3.05) is 20.1 Å². The number of benzene rings is 1. The molecule has 2 aliphatic rings. The summed E-state index contributed by atoms with van der Waals surface area (Å²) in [5.41, 5.74) is 4.67. The van der Waals surface area contributed by atoms with Crippen molar-refractivity contribution in [2.24, 2.45) is 0 Å². The molecule has 0 bridgehead atoms. The van der Waals surface area contributed by atoms with Gasteiger partial charge in [-0.25, -0.2) is 0 Å². The first-order chi connectivity index (χ1) is 14.0. The number of aromatic nitrogens is 1. The van der Waals surface area contributed by atoms with Crippen LogP contribution in [0.3, 0.4) is 0 Å². The van der Waals surface area contributed by atoms with Gasteiger partial charge in [0.15, 0.2) is 0 Å². The molecule has 0 spiro atoms. The molecule has 29 heavy (non-hydrogen) atoms. The molecular weight excluding hydrogens is 364 g/mol. The van der Waals surface area contributed by atoms with E-state index in [-0.39, 0.29) is 24.3 Å². The molecule has 2 heterocycles. The number of fused-ring (bicyclic) bond motifs is 1. The Bertz CT molecular complexity index is 888. The van der Waals surface area contributed by atoms with E-state index < -0.39 is 6.04 Å². The number of hydrogen-bond donors (Lipinski definition) is 1. The Morgan fingerprint density at radius 1 is 1.21 bits per heavy atom. The quantitative estimate of drug-likeness (QED) is 0.841. The van der Waals surface area contributed by atoms with Crippen molar-refractivity contribution in [1.82, 2.24) is 20.1 Å². The van der Waals surface area contributed by atoms with E-state index in [4.69, 9.17) is 0 Å². The highest BCUT2D eigenvalue weighted by molar-refractivity contribution is 5.88. The largest absolute Gasteiger partial charge is 0.353 e. The summed E-state index contributed by atoms with van der Waals surface area (Å²) >= 11 is 0. The first-order valence-corrected chi connectivity index (χ1v) is 10.3. The molecule has 2 amide bonds. The fourth-order valence-corrected chi connectivity index (χ4v) is 4.47. The molecule has 0 saturated carbocycles. The van der Waals surface area contributed by atoms with Crippen LogP contribution in [0.4, 0.5) is 0 Å². The van der Waals surface area contributed by atoms with Gasteiger partial charge in [0.2, 0.25) is 11.8 Å². The van der Waals surface area contributed by atoms with Gasteiger partial charge in [0.05, 0.1) is 24.7 Å². The number of amides is 2. The molecule has 152 valence electrons. The summed E-state index contributed by atoms with van der Waals surface area (Å²) in [6.07, 6.45) is 3.82. The minimum atomic E-state index is -0.414. The van der Waals surface area contributed by atoms with Gasteiger partial charge in [-0.15, -0.1) is 0 Å². The van der Waals surface area contributed by atoms with Crippen LogP contribution in [0, 0.1) is 6.92 Å². The number of nitrogens with one attached hydrogen (secondary N) is 1. The molecule has 4 rings (SSSR count). The zero-order chi connectivity index (χ0) is 20.4. The van der Waals surface area contributed by atoms with E-state index in [1.54, 1.807) is 18.1 Å². The number of aryl methyl sites for hydroxylation is 1. The lowest BCUT2D eigenvalue weighted by molar-refractivity contribution is -0.139. The summed E-state index contributed by atoms with van der Waals surface area (Å²) in [7, 11) is 1.78. The van der Waals surface area contributed by atoms with E-state index in [1.807, 2.05) is 19.1 Å². The third-order valence-electron chi connectivity index (χ3n) is 6.17. The van der Waals surface area contributed by atoms with Gasteiger partial charge in [-0.2, -0.15) is 0 Å². The third-order valence-corrected chi connectivity index (χ3v) is 6.17. The van der Waals surface area contributed by atoms with E-state index in [2.05, 4.69) is 39.5 Å². The van der Waals surface area contributed by atoms with Crippen molar-refractivity contribution in [2.45, 2.75) is 44.8 Å². The maximum Gasteiger partial charge on any atom is 0.237 e. The lowest BCUT2D eigenvalue weighted by Crippen LogP contribution is -2.59. The van der Waals surface area contributed by atoms with Gasteiger partial charge in [0.25, 0.3) is 0 Å². The summed E-state index contributed by atoms with van der Waals surface area (Å²) in [6, 6.07) is 12.2. The maximum absolute atomic E-state index is 12.9. The fourth-order valence-electron chi connectivity index (χ4n) is 4.47. The van der Waals surface area contributed by atoms with E-state index in [1.165, 1.54) is 11.1 Å². The summed E-state index contributed by atoms with van der Waals surface area (Å²) in [5.74, 6) is -0.0689. The average molecular weight is 393 g/mol. The highest BCUT2D eigenvalue weighted by Gasteiger charge is 2.38. The SMILES string of the molecule is Cc1cccnc1CN(C)C(=O)CC1C(=O)NCCN1C1Cc2ccccc2C1. The van der Waals surface area contributed by atoms with Gasteiger partial charge in [0, 0.05) is 32.4 Å². The number of carbonyl (C=O) groups is 2. The smallest absolute Gasteiger partial charge is 0.237 e. The molecule has 1 unspecified atom stereocenters. The van der Waals surface area contributed by atoms with Gasteiger partial charge in [-0.05, 0) is 42.5 Å². The van der Waals surface area contributed by atoms with Crippen molar-refractivity contribution < 1.29 is 9.59 Å². The highest BCUT2D eigenvalue weighted by atomic mass is 16.2. The van der Waals surface area contributed by atoms with Gasteiger partial charge in [-0.1, -0.05) is 30.3 Å². The second-order valence-corrected chi connectivity index (χ2v) is 8.10. The summed E-state index contributed by atoms with van der Waals surface area (Å²) in [6.45, 7) is 3.87. The molecule has 2 aromatic rings. The fraction of sp³-hybridized carbons (Fsp3) is 0.435. The second-order valence-electron chi connectivity index (χ2n) is 8.10. The molecule has 1 atom stereocenters. The molecule has 6 nitrogen and oxygen atoms in total. The van der Waals surface area contributed by atoms with Crippen LogP contribution in [0.1, 0.15) is 28.8 Å². The van der Waals surface area contributed by atoms with Crippen molar-refractivity contribution in [1.29, 1.82) is 0 Å². The van der Waals surface area contributed by atoms with E-state index >= 15 is 0 Å². The molecular formula is C23H28N4O2. The predicted octanol–water partition coefficient (Wildman–Crippen LogP) is 1.71. The number of hydrogen-bond acceptors (Lipinski definition) is 4. The summed E-state index contributed by atoms with van der Waals surface area (Å²) < 4.78 is 0. The molecule has 1 saturated heterocycles. The van der Waals surface area contributed by atoms with Crippen molar-refractivity contribution in [3.8, 4) is 0 Å². The third kappa shape index (κ3) is 4.17. The molecule has 0 radical (unpaired) electrons.